The fraction of sp³-hybridized carbons (Fsp3) is 0.923. The second-order valence-corrected chi connectivity index (χ2v) is 11.9. The Morgan fingerprint density at radius 2 is 1.58 bits per heavy atom. The average molecular weight is 357 g/mol. The second-order valence-electron chi connectivity index (χ2n) is 11.9. The summed E-state index contributed by atoms with van der Waals surface area (Å²) in [5.74, 6) is 6.69. The van der Waals surface area contributed by atoms with Crippen LogP contribution in [0.3, 0.4) is 0 Å². The highest BCUT2D eigenvalue weighted by Gasteiger charge is 2.59. The minimum Gasteiger partial charge on any atom is -0.0827 e. The second kappa shape index (κ2) is 6.66. The lowest BCUT2D eigenvalue weighted by molar-refractivity contribution is -0.114. The number of hydrogen-bond acceptors (Lipinski definition) is 0. The zero-order valence-electron chi connectivity index (χ0n) is 18.5. The zero-order chi connectivity index (χ0) is 18.7. The van der Waals surface area contributed by atoms with Gasteiger partial charge in [-0.15, -0.1) is 0 Å². The monoisotopic (exact) mass is 356 g/mol. The summed E-state index contributed by atoms with van der Waals surface area (Å²) < 4.78 is 0. The van der Waals surface area contributed by atoms with E-state index < -0.39 is 0 Å². The molecule has 8 atom stereocenters. The van der Waals surface area contributed by atoms with Crippen molar-refractivity contribution in [3.05, 3.63) is 11.6 Å². The molecule has 0 amide bonds. The number of fused-ring (bicyclic) bond motifs is 5. The maximum absolute atomic E-state index is 2.72. The molecule has 0 bridgehead atoms. The first-order chi connectivity index (χ1) is 12.3. The Labute approximate surface area is 163 Å². The third-order valence-electron chi connectivity index (χ3n) is 10.1. The van der Waals surface area contributed by atoms with E-state index in [2.05, 4.69) is 47.6 Å². The highest BCUT2D eigenvalue weighted by Crippen LogP contribution is 2.68. The van der Waals surface area contributed by atoms with Crippen molar-refractivity contribution >= 4 is 0 Å². The standard InChI is InChI=1S/C26H44/c1-17(2)15-19(4)22-9-10-23-21-8-7-20-16-18(3)11-13-25(20,5)24(21)12-14-26(22,23)6/h15,17-18,20-24H,7-14,16H2,1-6H3/b19-15+. The molecule has 0 saturated heterocycles. The molecule has 0 radical (unpaired) electrons. The van der Waals surface area contributed by atoms with Crippen molar-refractivity contribution in [1.82, 2.24) is 0 Å². The molecule has 4 rings (SSSR count). The van der Waals surface area contributed by atoms with Gasteiger partial charge < -0.3 is 0 Å². The summed E-state index contributed by atoms with van der Waals surface area (Å²) in [7, 11) is 0. The minimum atomic E-state index is 0.599. The summed E-state index contributed by atoms with van der Waals surface area (Å²) >= 11 is 0. The van der Waals surface area contributed by atoms with Crippen LogP contribution in [0, 0.1) is 52.3 Å². The van der Waals surface area contributed by atoms with Crippen molar-refractivity contribution in [2.24, 2.45) is 52.3 Å². The van der Waals surface area contributed by atoms with Gasteiger partial charge in [-0.1, -0.05) is 52.7 Å². The number of allylic oxidation sites excluding steroid dienone is 2. The normalized spacial score (nSPS) is 51.7. The smallest absolute Gasteiger partial charge is 0.0149 e. The average Bonchev–Trinajstić information content (AvgIpc) is 2.92. The fourth-order valence-electron chi connectivity index (χ4n) is 8.86. The molecule has 4 aliphatic carbocycles. The molecular formula is C26H44. The molecule has 4 saturated carbocycles. The van der Waals surface area contributed by atoms with Crippen LogP contribution in [0.2, 0.25) is 0 Å². The molecule has 4 aliphatic rings. The molecule has 0 aromatic carbocycles. The molecular weight excluding hydrogens is 312 g/mol. The quantitative estimate of drug-likeness (QED) is 0.441. The van der Waals surface area contributed by atoms with E-state index in [1.165, 1.54) is 44.9 Å². The predicted octanol–water partition coefficient (Wildman–Crippen LogP) is 7.88. The highest BCUT2D eigenvalue weighted by atomic mass is 14.6. The van der Waals surface area contributed by atoms with Crippen molar-refractivity contribution in [2.75, 3.05) is 0 Å². The molecule has 0 heteroatoms. The number of hydrogen-bond donors (Lipinski definition) is 0. The summed E-state index contributed by atoms with van der Waals surface area (Å²) in [5.41, 5.74) is 2.99. The van der Waals surface area contributed by atoms with Gasteiger partial charge in [-0.25, -0.2) is 0 Å². The molecule has 0 aromatic heterocycles. The molecule has 0 nitrogen and oxygen atoms in total. The predicted molar refractivity (Wildman–Crippen MR) is 113 cm³/mol. The van der Waals surface area contributed by atoms with Gasteiger partial charge in [-0.05, 0) is 111 Å². The maximum atomic E-state index is 2.72. The van der Waals surface area contributed by atoms with Crippen LogP contribution in [0.4, 0.5) is 0 Å². The van der Waals surface area contributed by atoms with Crippen LogP contribution in [0.1, 0.15) is 99.3 Å². The maximum Gasteiger partial charge on any atom is -0.0149 e. The van der Waals surface area contributed by atoms with Gasteiger partial charge in [0.05, 0.1) is 0 Å². The SMILES string of the molecule is C/C(=C\C(C)C)C1CCC2C3CCC4CC(C)CCC4(C)C3CCC12C. The van der Waals surface area contributed by atoms with Crippen LogP contribution in [0.25, 0.3) is 0 Å². The van der Waals surface area contributed by atoms with Gasteiger partial charge in [0.2, 0.25) is 0 Å². The topological polar surface area (TPSA) is 0 Å². The van der Waals surface area contributed by atoms with Gasteiger partial charge in [0.15, 0.2) is 0 Å². The van der Waals surface area contributed by atoms with Gasteiger partial charge in [0.25, 0.3) is 0 Å². The van der Waals surface area contributed by atoms with Crippen LogP contribution in [-0.2, 0) is 0 Å². The molecule has 26 heavy (non-hydrogen) atoms. The Hall–Kier alpha value is -0.260. The van der Waals surface area contributed by atoms with Gasteiger partial charge in [0, 0.05) is 0 Å². The van der Waals surface area contributed by atoms with E-state index in [4.69, 9.17) is 0 Å². The molecule has 4 fully saturated rings. The Morgan fingerprint density at radius 3 is 2.31 bits per heavy atom. The molecule has 0 N–H and O–H groups in total. The van der Waals surface area contributed by atoms with E-state index in [9.17, 15) is 0 Å². The van der Waals surface area contributed by atoms with Crippen LogP contribution in [0.5, 0.6) is 0 Å². The van der Waals surface area contributed by atoms with E-state index in [1.807, 2.05) is 0 Å². The first kappa shape index (κ1) is 19.1. The van der Waals surface area contributed by atoms with Gasteiger partial charge >= 0.3 is 0 Å². The van der Waals surface area contributed by atoms with Crippen LogP contribution < -0.4 is 0 Å². The van der Waals surface area contributed by atoms with Crippen molar-refractivity contribution < 1.29 is 0 Å². The first-order valence-corrected chi connectivity index (χ1v) is 11.9. The van der Waals surface area contributed by atoms with E-state index in [-0.39, 0.29) is 0 Å². The minimum absolute atomic E-state index is 0.599. The van der Waals surface area contributed by atoms with E-state index in [0.29, 0.717) is 16.7 Å². The van der Waals surface area contributed by atoms with Crippen molar-refractivity contribution in [2.45, 2.75) is 99.3 Å². The van der Waals surface area contributed by atoms with E-state index >= 15 is 0 Å². The largest absolute Gasteiger partial charge is 0.0827 e. The third kappa shape index (κ3) is 2.84. The van der Waals surface area contributed by atoms with Crippen LogP contribution in [0.15, 0.2) is 11.6 Å². The summed E-state index contributed by atoms with van der Waals surface area (Å²) in [4.78, 5) is 0. The number of rotatable bonds is 2. The van der Waals surface area contributed by atoms with E-state index in [1.54, 1.807) is 18.4 Å². The van der Waals surface area contributed by atoms with Gasteiger partial charge in [0.1, 0.15) is 0 Å². The summed E-state index contributed by atoms with van der Waals surface area (Å²) in [6.07, 6.45) is 16.2. The van der Waals surface area contributed by atoms with Gasteiger partial charge in [-0.3, -0.25) is 0 Å². The molecule has 0 heterocycles. The fourth-order valence-corrected chi connectivity index (χ4v) is 8.86. The molecule has 0 aliphatic heterocycles. The Balaban J connectivity index is 1.58. The van der Waals surface area contributed by atoms with Crippen LogP contribution >= 0.6 is 0 Å². The van der Waals surface area contributed by atoms with Crippen molar-refractivity contribution in [1.29, 1.82) is 0 Å². The summed E-state index contributed by atoms with van der Waals surface area (Å²) in [5, 5.41) is 0. The molecule has 0 spiro atoms. The summed E-state index contributed by atoms with van der Waals surface area (Å²) in [6.45, 7) is 15.1. The van der Waals surface area contributed by atoms with Crippen LogP contribution in [-0.4, -0.2) is 0 Å². The summed E-state index contributed by atoms with van der Waals surface area (Å²) in [6, 6.07) is 0. The Kier molecular flexibility index (Phi) is 4.89. The van der Waals surface area contributed by atoms with Gasteiger partial charge in [-0.2, -0.15) is 0 Å². The lowest BCUT2D eigenvalue weighted by atomic mass is 9.44. The zero-order valence-corrected chi connectivity index (χ0v) is 18.5. The lowest BCUT2D eigenvalue weighted by Crippen LogP contribution is -2.53. The highest BCUT2D eigenvalue weighted by molar-refractivity contribution is 5.17. The first-order valence-electron chi connectivity index (χ1n) is 11.9. The molecule has 0 aromatic rings. The molecule has 8 unspecified atom stereocenters. The van der Waals surface area contributed by atoms with E-state index in [0.717, 1.165) is 35.5 Å². The van der Waals surface area contributed by atoms with Crippen molar-refractivity contribution in [3.63, 3.8) is 0 Å². The Morgan fingerprint density at radius 1 is 0.885 bits per heavy atom. The third-order valence-corrected chi connectivity index (χ3v) is 10.1. The molecule has 148 valence electrons. The Bertz CT molecular complexity index is 556. The lowest BCUT2D eigenvalue weighted by Gasteiger charge is -2.61. The van der Waals surface area contributed by atoms with Crippen molar-refractivity contribution in [3.8, 4) is 0 Å².